The van der Waals surface area contributed by atoms with Crippen LogP contribution in [-0.2, 0) is 13.0 Å². The molecule has 0 saturated heterocycles. The Morgan fingerprint density at radius 1 is 1.24 bits per heavy atom. The van der Waals surface area contributed by atoms with Crippen molar-refractivity contribution in [2.24, 2.45) is 0 Å². The fourth-order valence-corrected chi connectivity index (χ4v) is 4.29. The highest BCUT2D eigenvalue weighted by atomic mass is 35.5. The lowest BCUT2D eigenvalue weighted by Gasteiger charge is -2.18. The van der Waals surface area contributed by atoms with Crippen LogP contribution in [0.25, 0.3) is 22.0 Å². The number of carbonyl (C=O) groups is 1. The number of amides is 1. The van der Waals surface area contributed by atoms with E-state index in [0.717, 1.165) is 58.6 Å². The molecule has 3 heterocycles. The van der Waals surface area contributed by atoms with Gasteiger partial charge in [0.1, 0.15) is 11.4 Å². The molecule has 2 aromatic carbocycles. The molecule has 126 valence electrons. The minimum atomic E-state index is -0.00984. The Hall–Kier alpha value is -2.46. The third-order valence-electron chi connectivity index (χ3n) is 5.21. The van der Waals surface area contributed by atoms with Gasteiger partial charge in [0.25, 0.3) is 5.91 Å². The van der Waals surface area contributed by atoms with E-state index in [1.807, 2.05) is 25.1 Å². The van der Waals surface area contributed by atoms with Crippen LogP contribution in [0.5, 0.6) is 5.75 Å². The molecule has 25 heavy (non-hydrogen) atoms. The zero-order chi connectivity index (χ0) is 17.1. The van der Waals surface area contributed by atoms with Gasteiger partial charge in [-0.15, -0.1) is 0 Å². The van der Waals surface area contributed by atoms with Crippen molar-refractivity contribution in [2.75, 3.05) is 13.2 Å². The molecular formula is C20H17ClN2O2. The molecule has 1 amide bonds. The zero-order valence-electron chi connectivity index (χ0n) is 13.9. The predicted octanol–water partition coefficient (Wildman–Crippen LogP) is 3.95. The van der Waals surface area contributed by atoms with E-state index in [1.165, 1.54) is 5.56 Å². The molecule has 0 spiro atoms. The molecule has 2 aliphatic heterocycles. The van der Waals surface area contributed by atoms with E-state index in [9.17, 15) is 4.79 Å². The van der Waals surface area contributed by atoms with Crippen molar-refractivity contribution in [1.29, 1.82) is 0 Å². The Balaban J connectivity index is 1.84. The van der Waals surface area contributed by atoms with Gasteiger partial charge >= 0.3 is 0 Å². The molecule has 0 fully saturated rings. The number of halogens is 1. The molecule has 5 heteroatoms. The van der Waals surface area contributed by atoms with E-state index in [1.54, 1.807) is 0 Å². The third-order valence-corrected chi connectivity index (χ3v) is 5.43. The third kappa shape index (κ3) is 2.10. The zero-order valence-corrected chi connectivity index (χ0v) is 14.6. The fraction of sp³-hybridized carbons (Fsp3) is 0.250. The quantitative estimate of drug-likeness (QED) is 0.720. The second kappa shape index (κ2) is 5.27. The van der Waals surface area contributed by atoms with Crippen LogP contribution in [-0.4, -0.2) is 23.6 Å². The maximum absolute atomic E-state index is 12.4. The van der Waals surface area contributed by atoms with Gasteiger partial charge in [-0.1, -0.05) is 17.7 Å². The minimum Gasteiger partial charge on any atom is -0.493 e. The van der Waals surface area contributed by atoms with Crippen LogP contribution >= 0.6 is 11.6 Å². The summed E-state index contributed by atoms with van der Waals surface area (Å²) in [5.74, 6) is 0.958. The summed E-state index contributed by atoms with van der Waals surface area (Å²) >= 11 is 6.43. The highest BCUT2D eigenvalue weighted by Crippen LogP contribution is 2.39. The number of rotatable bonds is 1. The van der Waals surface area contributed by atoms with Gasteiger partial charge in [0.15, 0.2) is 0 Å². The highest BCUT2D eigenvalue weighted by Gasteiger charge is 2.26. The van der Waals surface area contributed by atoms with Crippen molar-refractivity contribution in [3.05, 3.63) is 52.2 Å². The number of ether oxygens (including phenoxy) is 1. The van der Waals surface area contributed by atoms with Gasteiger partial charge in [-0.05, 0) is 47.9 Å². The van der Waals surface area contributed by atoms with E-state index in [4.69, 9.17) is 16.3 Å². The number of hydrogen-bond donors (Lipinski definition) is 1. The summed E-state index contributed by atoms with van der Waals surface area (Å²) in [7, 11) is 0. The number of aryl methyl sites for hydroxylation is 1. The van der Waals surface area contributed by atoms with Gasteiger partial charge in [0.2, 0.25) is 0 Å². The first-order valence-electron chi connectivity index (χ1n) is 8.50. The van der Waals surface area contributed by atoms with Gasteiger partial charge < -0.3 is 14.6 Å². The maximum atomic E-state index is 12.4. The second-order valence-corrected chi connectivity index (χ2v) is 7.09. The molecule has 2 aliphatic rings. The Bertz CT molecular complexity index is 1050. The molecule has 1 aromatic heterocycles. The van der Waals surface area contributed by atoms with Crippen LogP contribution in [0, 0.1) is 6.92 Å². The van der Waals surface area contributed by atoms with Crippen molar-refractivity contribution in [3.8, 4) is 16.9 Å². The number of hydrogen-bond acceptors (Lipinski definition) is 2. The average Bonchev–Trinajstić information content (AvgIpc) is 3.18. The van der Waals surface area contributed by atoms with Crippen LogP contribution in [0.4, 0.5) is 0 Å². The van der Waals surface area contributed by atoms with E-state index in [2.05, 4.69) is 22.0 Å². The van der Waals surface area contributed by atoms with Gasteiger partial charge in [-0.3, -0.25) is 4.79 Å². The minimum absolute atomic E-state index is 0.00984. The lowest BCUT2D eigenvalue weighted by molar-refractivity contribution is 0.0928. The molecule has 0 bridgehead atoms. The van der Waals surface area contributed by atoms with Crippen LogP contribution in [0.2, 0.25) is 5.02 Å². The summed E-state index contributed by atoms with van der Waals surface area (Å²) in [6.07, 6.45) is 0.931. The molecule has 0 unspecified atom stereocenters. The van der Waals surface area contributed by atoms with Crippen molar-refractivity contribution in [2.45, 2.75) is 19.9 Å². The lowest BCUT2D eigenvalue weighted by Crippen LogP contribution is -2.35. The molecule has 0 saturated carbocycles. The monoisotopic (exact) mass is 352 g/mol. The van der Waals surface area contributed by atoms with Crippen LogP contribution in [0.15, 0.2) is 30.3 Å². The predicted molar refractivity (Wildman–Crippen MR) is 98.7 cm³/mol. The fourth-order valence-electron chi connectivity index (χ4n) is 4.07. The molecule has 1 N–H and O–H groups in total. The number of carbonyl (C=O) groups excluding carboxylic acids is 1. The van der Waals surface area contributed by atoms with Crippen LogP contribution in [0.1, 0.15) is 21.6 Å². The SMILES string of the molecule is Cc1c2n(c3c(-c4ccc5c(c4)CCO5)cc(Cl)cc13)CCNC2=O. The van der Waals surface area contributed by atoms with Gasteiger partial charge in [0, 0.05) is 35.5 Å². The summed E-state index contributed by atoms with van der Waals surface area (Å²) < 4.78 is 7.76. The first-order chi connectivity index (χ1) is 12.1. The second-order valence-electron chi connectivity index (χ2n) is 6.65. The van der Waals surface area contributed by atoms with Crippen LogP contribution in [0.3, 0.4) is 0 Å². The Labute approximate surface area is 150 Å². The molecule has 5 rings (SSSR count). The van der Waals surface area contributed by atoms with E-state index in [-0.39, 0.29) is 5.91 Å². The summed E-state index contributed by atoms with van der Waals surface area (Å²) in [6.45, 7) is 4.16. The van der Waals surface area contributed by atoms with Gasteiger partial charge in [-0.2, -0.15) is 0 Å². The van der Waals surface area contributed by atoms with E-state index in [0.29, 0.717) is 11.6 Å². The standard InChI is InChI=1S/C20H17ClN2O2/c1-11-15-9-14(21)10-16(12-2-3-17-13(8-12)4-7-25-17)19(15)23-6-5-22-20(24)18(11)23/h2-3,8-10H,4-7H2,1H3,(H,22,24). The summed E-state index contributed by atoms with van der Waals surface area (Å²) in [5, 5.41) is 4.67. The summed E-state index contributed by atoms with van der Waals surface area (Å²) in [6, 6.07) is 10.3. The molecule has 0 atom stereocenters. The smallest absolute Gasteiger partial charge is 0.268 e. The number of fused-ring (bicyclic) bond motifs is 4. The normalized spacial score (nSPS) is 15.7. The molecular weight excluding hydrogens is 336 g/mol. The van der Waals surface area contributed by atoms with Crippen molar-refractivity contribution in [1.82, 2.24) is 9.88 Å². The first-order valence-corrected chi connectivity index (χ1v) is 8.88. The lowest BCUT2D eigenvalue weighted by atomic mass is 9.99. The Kier molecular flexibility index (Phi) is 3.13. The maximum Gasteiger partial charge on any atom is 0.268 e. The molecule has 4 nitrogen and oxygen atoms in total. The van der Waals surface area contributed by atoms with E-state index < -0.39 is 0 Å². The largest absolute Gasteiger partial charge is 0.493 e. The summed E-state index contributed by atoms with van der Waals surface area (Å²) in [4.78, 5) is 12.4. The number of nitrogens with one attached hydrogen (secondary N) is 1. The Morgan fingerprint density at radius 2 is 2.12 bits per heavy atom. The Morgan fingerprint density at radius 3 is 3.00 bits per heavy atom. The van der Waals surface area contributed by atoms with Crippen molar-refractivity contribution in [3.63, 3.8) is 0 Å². The number of nitrogens with zero attached hydrogens (tertiary/aromatic N) is 1. The highest BCUT2D eigenvalue weighted by molar-refractivity contribution is 6.32. The summed E-state index contributed by atoms with van der Waals surface area (Å²) in [5.41, 5.74) is 6.23. The molecule has 0 aliphatic carbocycles. The van der Waals surface area contributed by atoms with Crippen molar-refractivity contribution >= 4 is 28.4 Å². The molecule has 3 aromatic rings. The average molecular weight is 353 g/mol. The van der Waals surface area contributed by atoms with Gasteiger partial charge in [0.05, 0.1) is 12.1 Å². The first kappa shape index (κ1) is 14.8. The number of aromatic nitrogens is 1. The molecule has 0 radical (unpaired) electrons. The van der Waals surface area contributed by atoms with Crippen molar-refractivity contribution < 1.29 is 9.53 Å². The van der Waals surface area contributed by atoms with Crippen LogP contribution < -0.4 is 10.1 Å². The number of benzene rings is 2. The van der Waals surface area contributed by atoms with Gasteiger partial charge in [-0.25, -0.2) is 0 Å². The van der Waals surface area contributed by atoms with E-state index >= 15 is 0 Å². The topological polar surface area (TPSA) is 43.3 Å².